The van der Waals surface area contributed by atoms with Crippen molar-refractivity contribution in [3.8, 4) is 0 Å². The summed E-state index contributed by atoms with van der Waals surface area (Å²) in [7, 11) is 0. The third kappa shape index (κ3) is 2.83. The summed E-state index contributed by atoms with van der Waals surface area (Å²) in [5.74, 6) is -0.150. The van der Waals surface area contributed by atoms with Gasteiger partial charge in [0.1, 0.15) is 0 Å². The Hall–Kier alpha value is -0.540. The third-order valence-corrected chi connectivity index (χ3v) is 2.31. The summed E-state index contributed by atoms with van der Waals surface area (Å²) in [6.45, 7) is 5.03. The van der Waals surface area contributed by atoms with Gasteiger partial charge in [-0.3, -0.25) is 10.2 Å². The number of nitrogens with zero attached hydrogens (tertiary/aromatic N) is 1. The van der Waals surface area contributed by atoms with Crippen molar-refractivity contribution in [2.24, 2.45) is 0 Å². The van der Waals surface area contributed by atoms with E-state index in [1.165, 1.54) is 6.08 Å². The highest BCUT2D eigenvalue weighted by Gasteiger charge is 2.17. The van der Waals surface area contributed by atoms with E-state index in [-0.39, 0.29) is 11.3 Å². The first-order valence-corrected chi connectivity index (χ1v) is 4.48. The molecule has 0 bridgehead atoms. The van der Waals surface area contributed by atoms with Crippen LogP contribution in [0.1, 0.15) is 12.8 Å². The standard InChI is InChI=1S/C8H13ClN2O/c1-2-8(12)10-11-5-3-7(9)4-6-11/h2,7H,1,3-6H2,(H,10,12). The van der Waals surface area contributed by atoms with E-state index in [9.17, 15) is 4.79 Å². The monoisotopic (exact) mass is 188 g/mol. The maximum Gasteiger partial charge on any atom is 0.257 e. The molecule has 1 amide bonds. The minimum absolute atomic E-state index is 0.150. The lowest BCUT2D eigenvalue weighted by atomic mass is 10.1. The highest BCUT2D eigenvalue weighted by atomic mass is 35.5. The first-order chi connectivity index (χ1) is 5.72. The van der Waals surface area contributed by atoms with E-state index < -0.39 is 0 Å². The van der Waals surface area contributed by atoms with Crippen molar-refractivity contribution in [1.29, 1.82) is 0 Å². The summed E-state index contributed by atoms with van der Waals surface area (Å²) in [6.07, 6.45) is 3.13. The van der Waals surface area contributed by atoms with Crippen LogP contribution in [0.4, 0.5) is 0 Å². The second-order valence-electron chi connectivity index (χ2n) is 2.84. The molecule has 1 heterocycles. The van der Waals surface area contributed by atoms with Crippen LogP contribution in [0.25, 0.3) is 0 Å². The van der Waals surface area contributed by atoms with Crippen LogP contribution < -0.4 is 5.43 Å². The van der Waals surface area contributed by atoms with Crippen molar-refractivity contribution in [3.63, 3.8) is 0 Å². The molecule has 1 rings (SSSR count). The zero-order chi connectivity index (χ0) is 8.97. The molecule has 1 aliphatic rings. The van der Waals surface area contributed by atoms with Crippen molar-refractivity contribution in [3.05, 3.63) is 12.7 Å². The van der Waals surface area contributed by atoms with E-state index in [0.717, 1.165) is 25.9 Å². The molecule has 0 radical (unpaired) electrons. The van der Waals surface area contributed by atoms with Crippen LogP contribution in [0.5, 0.6) is 0 Å². The quantitative estimate of drug-likeness (QED) is 0.516. The molecule has 0 spiro atoms. The summed E-state index contributed by atoms with van der Waals surface area (Å²) in [5, 5.41) is 2.14. The van der Waals surface area contributed by atoms with Crippen LogP contribution in [-0.2, 0) is 4.79 Å². The molecule has 1 saturated heterocycles. The minimum atomic E-state index is -0.150. The number of hydrogen-bond acceptors (Lipinski definition) is 2. The van der Waals surface area contributed by atoms with Crippen LogP contribution in [0.3, 0.4) is 0 Å². The molecule has 0 aromatic rings. The van der Waals surface area contributed by atoms with Gasteiger partial charge in [0.05, 0.1) is 0 Å². The van der Waals surface area contributed by atoms with Gasteiger partial charge in [0.2, 0.25) is 0 Å². The Labute approximate surface area is 77.3 Å². The van der Waals surface area contributed by atoms with Crippen molar-refractivity contribution >= 4 is 17.5 Å². The topological polar surface area (TPSA) is 32.3 Å². The Balaban J connectivity index is 2.26. The van der Waals surface area contributed by atoms with Crippen molar-refractivity contribution in [2.45, 2.75) is 18.2 Å². The van der Waals surface area contributed by atoms with Gasteiger partial charge < -0.3 is 0 Å². The van der Waals surface area contributed by atoms with Gasteiger partial charge in [0, 0.05) is 18.5 Å². The number of hydrazine groups is 1. The SMILES string of the molecule is C=CC(=O)NN1CCC(Cl)CC1. The summed E-state index contributed by atoms with van der Waals surface area (Å²) in [6, 6.07) is 0. The van der Waals surface area contributed by atoms with Crippen molar-refractivity contribution in [1.82, 2.24) is 10.4 Å². The predicted molar refractivity (Wildman–Crippen MR) is 48.8 cm³/mol. The van der Waals surface area contributed by atoms with Crippen molar-refractivity contribution < 1.29 is 4.79 Å². The molecule has 1 N–H and O–H groups in total. The van der Waals surface area contributed by atoms with Crippen LogP contribution in [-0.4, -0.2) is 29.4 Å². The van der Waals surface area contributed by atoms with E-state index in [2.05, 4.69) is 12.0 Å². The largest absolute Gasteiger partial charge is 0.285 e. The van der Waals surface area contributed by atoms with E-state index in [1.807, 2.05) is 5.01 Å². The predicted octanol–water partition coefficient (Wildman–Crippen LogP) is 0.907. The van der Waals surface area contributed by atoms with E-state index in [0.29, 0.717) is 0 Å². The van der Waals surface area contributed by atoms with Crippen LogP contribution >= 0.6 is 11.6 Å². The number of carbonyl (C=O) groups is 1. The molecule has 68 valence electrons. The Kier molecular flexibility index (Phi) is 3.56. The molecule has 12 heavy (non-hydrogen) atoms. The molecule has 0 aromatic carbocycles. The number of alkyl halides is 1. The fourth-order valence-corrected chi connectivity index (χ4v) is 1.36. The zero-order valence-corrected chi connectivity index (χ0v) is 7.68. The number of halogens is 1. The van der Waals surface area contributed by atoms with Gasteiger partial charge in [0.15, 0.2) is 0 Å². The molecule has 1 fully saturated rings. The number of piperidine rings is 1. The molecule has 4 heteroatoms. The first kappa shape index (κ1) is 9.55. The van der Waals surface area contributed by atoms with Gasteiger partial charge >= 0.3 is 0 Å². The van der Waals surface area contributed by atoms with Crippen LogP contribution in [0.2, 0.25) is 0 Å². The lowest BCUT2D eigenvalue weighted by Gasteiger charge is -2.28. The lowest BCUT2D eigenvalue weighted by molar-refractivity contribution is -0.121. The molecule has 0 aromatic heterocycles. The molecular weight excluding hydrogens is 176 g/mol. The van der Waals surface area contributed by atoms with E-state index in [4.69, 9.17) is 11.6 Å². The lowest BCUT2D eigenvalue weighted by Crippen LogP contribution is -2.46. The molecule has 0 aliphatic carbocycles. The van der Waals surface area contributed by atoms with Crippen LogP contribution in [0, 0.1) is 0 Å². The molecule has 0 atom stereocenters. The Morgan fingerprint density at radius 3 is 2.67 bits per heavy atom. The zero-order valence-electron chi connectivity index (χ0n) is 6.92. The van der Waals surface area contributed by atoms with E-state index in [1.54, 1.807) is 0 Å². The number of amides is 1. The normalized spacial score (nSPS) is 20.4. The van der Waals surface area contributed by atoms with Gasteiger partial charge in [-0.1, -0.05) is 6.58 Å². The van der Waals surface area contributed by atoms with Gasteiger partial charge in [-0.05, 0) is 18.9 Å². The number of hydrogen-bond donors (Lipinski definition) is 1. The fraction of sp³-hybridized carbons (Fsp3) is 0.625. The summed E-state index contributed by atoms with van der Waals surface area (Å²) >= 11 is 5.89. The molecular formula is C8H13ClN2O. The number of carbonyl (C=O) groups excluding carboxylic acids is 1. The Morgan fingerprint density at radius 1 is 1.58 bits per heavy atom. The summed E-state index contributed by atoms with van der Waals surface area (Å²) in [5.41, 5.74) is 2.71. The molecule has 1 aliphatic heterocycles. The van der Waals surface area contributed by atoms with Crippen LogP contribution in [0.15, 0.2) is 12.7 Å². The van der Waals surface area contributed by atoms with Crippen molar-refractivity contribution in [2.75, 3.05) is 13.1 Å². The maximum atomic E-state index is 10.9. The second kappa shape index (κ2) is 4.48. The number of rotatable bonds is 2. The molecule has 3 nitrogen and oxygen atoms in total. The van der Waals surface area contributed by atoms with Gasteiger partial charge in [0.25, 0.3) is 5.91 Å². The highest BCUT2D eigenvalue weighted by molar-refractivity contribution is 6.20. The van der Waals surface area contributed by atoms with Gasteiger partial charge in [-0.2, -0.15) is 0 Å². The average Bonchev–Trinajstić information content (AvgIpc) is 2.09. The highest BCUT2D eigenvalue weighted by Crippen LogP contribution is 2.13. The molecule has 0 saturated carbocycles. The smallest absolute Gasteiger partial charge is 0.257 e. The Bertz CT molecular complexity index is 176. The summed E-state index contributed by atoms with van der Waals surface area (Å²) in [4.78, 5) is 10.9. The summed E-state index contributed by atoms with van der Waals surface area (Å²) < 4.78 is 0. The minimum Gasteiger partial charge on any atom is -0.285 e. The van der Waals surface area contributed by atoms with Gasteiger partial charge in [-0.15, -0.1) is 11.6 Å². The van der Waals surface area contributed by atoms with E-state index >= 15 is 0 Å². The second-order valence-corrected chi connectivity index (χ2v) is 3.46. The van der Waals surface area contributed by atoms with Gasteiger partial charge in [-0.25, -0.2) is 5.01 Å². The number of nitrogens with one attached hydrogen (secondary N) is 1. The average molecular weight is 189 g/mol. The Morgan fingerprint density at radius 2 is 2.17 bits per heavy atom. The molecule has 0 unspecified atom stereocenters. The maximum absolute atomic E-state index is 10.9. The third-order valence-electron chi connectivity index (χ3n) is 1.88. The first-order valence-electron chi connectivity index (χ1n) is 4.04. The fourth-order valence-electron chi connectivity index (χ4n) is 1.16.